The van der Waals surface area contributed by atoms with E-state index < -0.39 is 20.0 Å². The maximum Gasteiger partial charge on any atom is 0.192 e. The molecule has 2 aromatic rings. The molecule has 0 amide bonds. The predicted octanol–water partition coefficient (Wildman–Crippen LogP) is 7.89. The summed E-state index contributed by atoms with van der Waals surface area (Å²) in [6.45, 7) is 17.8. The smallest absolute Gasteiger partial charge is 0.192 e. The summed E-state index contributed by atoms with van der Waals surface area (Å²) in [4.78, 5) is 0. The Kier molecular flexibility index (Phi) is 7.32. The van der Waals surface area contributed by atoms with Crippen LogP contribution < -0.4 is 0 Å². The number of hydrogen-bond donors (Lipinski definition) is 0. The van der Waals surface area contributed by atoms with Gasteiger partial charge in [-0.2, -0.15) is 0 Å². The van der Waals surface area contributed by atoms with Crippen LogP contribution in [0, 0.1) is 17.0 Å². The predicted molar refractivity (Wildman–Crippen MR) is 123 cm³/mol. The van der Waals surface area contributed by atoms with Gasteiger partial charge in [0.15, 0.2) is 8.32 Å². The zero-order valence-electron chi connectivity index (χ0n) is 19.8. The molecule has 0 N–H and O–H groups in total. The van der Waals surface area contributed by atoms with Crippen LogP contribution in [0.25, 0.3) is 11.1 Å². The molecule has 0 saturated heterocycles. The highest BCUT2D eigenvalue weighted by molar-refractivity contribution is 6.74. The molecule has 0 unspecified atom stereocenters. The third-order valence-corrected chi connectivity index (χ3v) is 10.5. The van der Waals surface area contributed by atoms with Crippen molar-refractivity contribution in [1.82, 2.24) is 0 Å². The summed E-state index contributed by atoms with van der Waals surface area (Å²) < 4.78 is 40.7. The molecule has 0 aliphatic rings. The lowest BCUT2D eigenvalue weighted by Crippen LogP contribution is -2.40. The highest BCUT2D eigenvalue weighted by Crippen LogP contribution is 2.42. The Morgan fingerprint density at radius 1 is 0.900 bits per heavy atom. The van der Waals surface area contributed by atoms with Crippen LogP contribution in [-0.2, 0) is 15.8 Å². The molecule has 30 heavy (non-hydrogen) atoms. The SMILES string of the molecule is CO[C@@H](c1cc(CO[Si](C)(C)C(C)(C)C)ccc1-c1cc(F)ccc1F)C(C)(C)C. The van der Waals surface area contributed by atoms with Gasteiger partial charge in [-0.1, -0.05) is 59.7 Å². The Morgan fingerprint density at radius 2 is 1.53 bits per heavy atom. The molecular formula is C25H36F2O2Si. The van der Waals surface area contributed by atoms with Crippen molar-refractivity contribution in [3.8, 4) is 11.1 Å². The quantitative estimate of drug-likeness (QED) is 0.430. The van der Waals surface area contributed by atoms with E-state index in [-0.39, 0.29) is 22.1 Å². The van der Waals surface area contributed by atoms with Crippen molar-refractivity contribution in [3.63, 3.8) is 0 Å². The van der Waals surface area contributed by atoms with Gasteiger partial charge in [0.25, 0.3) is 0 Å². The fourth-order valence-corrected chi connectivity index (χ4v) is 4.26. The van der Waals surface area contributed by atoms with E-state index in [2.05, 4.69) is 54.6 Å². The van der Waals surface area contributed by atoms with E-state index in [0.717, 1.165) is 17.2 Å². The second-order valence-corrected chi connectivity index (χ2v) is 15.4. The molecule has 2 aromatic carbocycles. The highest BCUT2D eigenvalue weighted by Gasteiger charge is 2.37. The van der Waals surface area contributed by atoms with E-state index >= 15 is 0 Å². The van der Waals surface area contributed by atoms with Crippen molar-refractivity contribution in [2.24, 2.45) is 5.41 Å². The minimum atomic E-state index is -1.91. The molecular weight excluding hydrogens is 398 g/mol. The van der Waals surface area contributed by atoms with Crippen molar-refractivity contribution < 1.29 is 17.9 Å². The van der Waals surface area contributed by atoms with Crippen molar-refractivity contribution in [3.05, 3.63) is 59.2 Å². The first-order chi connectivity index (χ1) is 13.7. The van der Waals surface area contributed by atoms with Gasteiger partial charge >= 0.3 is 0 Å². The van der Waals surface area contributed by atoms with E-state index in [1.807, 2.05) is 18.2 Å². The van der Waals surface area contributed by atoms with Crippen LogP contribution in [0.2, 0.25) is 18.1 Å². The van der Waals surface area contributed by atoms with Crippen LogP contribution in [0.1, 0.15) is 58.8 Å². The molecule has 166 valence electrons. The van der Waals surface area contributed by atoms with Crippen LogP contribution in [-0.4, -0.2) is 15.4 Å². The average molecular weight is 435 g/mol. The van der Waals surface area contributed by atoms with Crippen molar-refractivity contribution in [2.45, 2.75) is 72.4 Å². The van der Waals surface area contributed by atoms with Gasteiger partial charge < -0.3 is 9.16 Å². The van der Waals surface area contributed by atoms with E-state index in [1.54, 1.807) is 7.11 Å². The van der Waals surface area contributed by atoms with Crippen molar-refractivity contribution in [2.75, 3.05) is 7.11 Å². The van der Waals surface area contributed by atoms with Crippen LogP contribution in [0.4, 0.5) is 8.78 Å². The van der Waals surface area contributed by atoms with E-state index in [0.29, 0.717) is 12.2 Å². The Morgan fingerprint density at radius 3 is 2.07 bits per heavy atom. The van der Waals surface area contributed by atoms with Gasteiger partial charge in [-0.05, 0) is 58.4 Å². The average Bonchev–Trinajstić information content (AvgIpc) is 2.61. The number of ether oxygens (including phenoxy) is 1. The molecule has 2 rings (SSSR count). The lowest BCUT2D eigenvalue weighted by molar-refractivity contribution is 0.0155. The Labute approximate surface area is 181 Å². The molecule has 5 heteroatoms. The normalized spacial score (nSPS) is 14.1. The first-order valence-electron chi connectivity index (χ1n) is 10.4. The van der Waals surface area contributed by atoms with Crippen molar-refractivity contribution in [1.29, 1.82) is 0 Å². The topological polar surface area (TPSA) is 18.5 Å². The van der Waals surface area contributed by atoms with Gasteiger partial charge in [0.05, 0.1) is 12.7 Å². The Hall–Kier alpha value is -1.56. The lowest BCUT2D eigenvalue weighted by Gasteiger charge is -2.36. The summed E-state index contributed by atoms with van der Waals surface area (Å²) in [7, 11) is -0.259. The highest BCUT2D eigenvalue weighted by atomic mass is 28.4. The zero-order chi connectivity index (χ0) is 22.9. The molecule has 0 aliphatic heterocycles. The number of methoxy groups -OCH3 is 1. The Bertz CT molecular complexity index is 880. The maximum absolute atomic E-state index is 14.6. The second-order valence-electron chi connectivity index (χ2n) is 10.6. The van der Waals surface area contributed by atoms with E-state index in [9.17, 15) is 8.78 Å². The zero-order valence-corrected chi connectivity index (χ0v) is 20.8. The summed E-state index contributed by atoms with van der Waals surface area (Å²) in [5.74, 6) is -0.918. The maximum atomic E-state index is 14.6. The molecule has 2 nitrogen and oxygen atoms in total. The van der Waals surface area contributed by atoms with Crippen LogP contribution in [0.15, 0.2) is 36.4 Å². The molecule has 0 heterocycles. The molecule has 0 aliphatic carbocycles. The third kappa shape index (κ3) is 5.57. The van der Waals surface area contributed by atoms with Crippen LogP contribution in [0.5, 0.6) is 0 Å². The number of rotatable bonds is 6. The van der Waals surface area contributed by atoms with Gasteiger partial charge in [-0.25, -0.2) is 8.78 Å². The standard InChI is InChI=1S/C25H36F2O2Si/c1-24(2,3)23(28-7)21-14-17(16-29-30(8,9)25(4,5)6)10-12-19(21)20-15-18(26)11-13-22(20)27/h10-15,23H,16H2,1-9H3/t23-/m0/s1. The molecule has 0 spiro atoms. The number of halogens is 2. The first-order valence-corrected chi connectivity index (χ1v) is 13.3. The van der Waals surface area contributed by atoms with Gasteiger partial charge in [0, 0.05) is 12.7 Å². The largest absolute Gasteiger partial charge is 0.413 e. The van der Waals surface area contributed by atoms with Crippen LogP contribution >= 0.6 is 0 Å². The van der Waals surface area contributed by atoms with Gasteiger partial charge in [0.1, 0.15) is 11.6 Å². The van der Waals surface area contributed by atoms with Gasteiger partial charge in [-0.15, -0.1) is 0 Å². The summed E-state index contributed by atoms with van der Waals surface area (Å²) in [5, 5.41) is 0.112. The lowest BCUT2D eigenvalue weighted by atomic mass is 9.81. The number of benzene rings is 2. The first kappa shape index (κ1) is 24.7. The number of hydrogen-bond acceptors (Lipinski definition) is 2. The van der Waals surface area contributed by atoms with Gasteiger partial charge in [-0.3, -0.25) is 0 Å². The monoisotopic (exact) mass is 434 g/mol. The van der Waals surface area contributed by atoms with Gasteiger partial charge in [0.2, 0.25) is 0 Å². The molecule has 1 atom stereocenters. The minimum absolute atomic E-state index is 0.112. The van der Waals surface area contributed by atoms with Crippen molar-refractivity contribution >= 4 is 8.32 Å². The fraction of sp³-hybridized carbons (Fsp3) is 0.520. The van der Waals surface area contributed by atoms with Crippen LogP contribution in [0.3, 0.4) is 0 Å². The van der Waals surface area contributed by atoms with E-state index in [1.165, 1.54) is 12.1 Å². The molecule has 0 bridgehead atoms. The Balaban J connectivity index is 2.55. The summed E-state index contributed by atoms with van der Waals surface area (Å²) in [6.07, 6.45) is -0.289. The third-order valence-electron chi connectivity index (χ3n) is 6.05. The molecule has 0 aromatic heterocycles. The minimum Gasteiger partial charge on any atom is -0.413 e. The van der Waals surface area contributed by atoms with E-state index in [4.69, 9.17) is 9.16 Å². The summed E-state index contributed by atoms with van der Waals surface area (Å²) in [5.41, 5.74) is 2.50. The summed E-state index contributed by atoms with van der Waals surface area (Å²) >= 11 is 0. The molecule has 0 fully saturated rings. The molecule has 0 radical (unpaired) electrons. The summed E-state index contributed by atoms with van der Waals surface area (Å²) in [6, 6.07) is 9.36. The fourth-order valence-electron chi connectivity index (χ4n) is 3.30. The molecule has 0 saturated carbocycles. The second kappa shape index (κ2) is 8.89.